The first-order valence-electron chi connectivity index (χ1n) is 8.38. The second kappa shape index (κ2) is 8.16. The summed E-state index contributed by atoms with van der Waals surface area (Å²) < 4.78 is 27.7. The highest BCUT2D eigenvalue weighted by Crippen LogP contribution is 2.26. The number of sulfonamides is 1. The first kappa shape index (κ1) is 19.0. The van der Waals surface area contributed by atoms with Crippen LogP contribution in [-0.2, 0) is 10.0 Å². The number of hydrogen-bond donors (Lipinski definition) is 1. The lowest BCUT2D eigenvalue weighted by atomic mass is 10.1. The molecule has 5 nitrogen and oxygen atoms in total. The Morgan fingerprint density at radius 3 is 2.36 bits per heavy atom. The van der Waals surface area contributed by atoms with E-state index in [1.54, 1.807) is 50.2 Å². The van der Waals surface area contributed by atoms with Crippen LogP contribution < -0.4 is 9.62 Å². The molecule has 0 saturated carbocycles. The Hall–Kier alpha value is -2.34. The van der Waals surface area contributed by atoms with Crippen molar-refractivity contribution in [3.8, 4) is 0 Å². The minimum absolute atomic E-state index is 0.155. The summed E-state index contributed by atoms with van der Waals surface area (Å²) in [5.41, 5.74) is 1.56. The monoisotopic (exact) mass is 360 g/mol. The van der Waals surface area contributed by atoms with Crippen LogP contribution in [0.5, 0.6) is 0 Å². The van der Waals surface area contributed by atoms with Crippen molar-refractivity contribution in [1.29, 1.82) is 0 Å². The summed E-state index contributed by atoms with van der Waals surface area (Å²) in [5.74, 6) is -0.263. The van der Waals surface area contributed by atoms with Crippen molar-refractivity contribution in [1.82, 2.24) is 5.32 Å². The third kappa shape index (κ3) is 4.20. The summed E-state index contributed by atoms with van der Waals surface area (Å²) >= 11 is 0. The minimum atomic E-state index is -3.76. The summed E-state index contributed by atoms with van der Waals surface area (Å²) in [6.45, 7) is 6.35. The third-order valence-electron chi connectivity index (χ3n) is 3.89. The molecule has 134 valence electrons. The Balaban J connectivity index is 2.46. The van der Waals surface area contributed by atoms with E-state index in [-0.39, 0.29) is 10.8 Å². The Morgan fingerprint density at radius 1 is 1.08 bits per heavy atom. The van der Waals surface area contributed by atoms with Crippen LogP contribution in [0.2, 0.25) is 0 Å². The van der Waals surface area contributed by atoms with Crippen LogP contribution in [0.1, 0.15) is 36.2 Å². The lowest BCUT2D eigenvalue weighted by Crippen LogP contribution is -2.31. The van der Waals surface area contributed by atoms with Crippen LogP contribution in [0.25, 0.3) is 0 Å². The van der Waals surface area contributed by atoms with Gasteiger partial charge in [0.25, 0.3) is 15.9 Å². The number of aryl methyl sites for hydroxylation is 1. The predicted molar refractivity (Wildman–Crippen MR) is 100 cm³/mol. The maximum absolute atomic E-state index is 13.2. The Kier molecular flexibility index (Phi) is 6.20. The number of nitrogens with zero attached hydrogens (tertiary/aromatic N) is 1. The zero-order valence-corrected chi connectivity index (χ0v) is 15.6. The smallest absolute Gasteiger partial charge is 0.264 e. The zero-order valence-electron chi connectivity index (χ0n) is 14.8. The largest absolute Gasteiger partial charge is 0.352 e. The first-order chi connectivity index (χ1) is 11.9. The molecule has 2 aromatic carbocycles. The van der Waals surface area contributed by atoms with Crippen LogP contribution in [0.4, 0.5) is 5.69 Å². The SMILES string of the molecule is CCCNC(=O)c1ccc(C)c(S(=O)(=O)N(CC)c2ccccc2)c1. The second-order valence-corrected chi connectivity index (χ2v) is 7.57. The van der Waals surface area contributed by atoms with Gasteiger partial charge >= 0.3 is 0 Å². The number of carbonyl (C=O) groups is 1. The maximum Gasteiger partial charge on any atom is 0.264 e. The van der Waals surface area contributed by atoms with E-state index < -0.39 is 10.0 Å². The van der Waals surface area contributed by atoms with Crippen molar-refractivity contribution in [2.24, 2.45) is 0 Å². The maximum atomic E-state index is 13.2. The van der Waals surface area contributed by atoms with E-state index in [1.807, 2.05) is 13.0 Å². The molecule has 0 spiro atoms. The van der Waals surface area contributed by atoms with E-state index >= 15 is 0 Å². The molecule has 0 aliphatic heterocycles. The van der Waals surface area contributed by atoms with Crippen molar-refractivity contribution in [2.75, 3.05) is 17.4 Å². The minimum Gasteiger partial charge on any atom is -0.352 e. The van der Waals surface area contributed by atoms with Crippen molar-refractivity contribution < 1.29 is 13.2 Å². The lowest BCUT2D eigenvalue weighted by Gasteiger charge is -2.24. The lowest BCUT2D eigenvalue weighted by molar-refractivity contribution is 0.0953. The topological polar surface area (TPSA) is 66.5 Å². The van der Waals surface area contributed by atoms with Gasteiger partial charge < -0.3 is 5.32 Å². The van der Waals surface area contributed by atoms with Gasteiger partial charge in [-0.2, -0.15) is 0 Å². The highest BCUT2D eigenvalue weighted by molar-refractivity contribution is 7.92. The normalized spacial score (nSPS) is 11.2. The highest BCUT2D eigenvalue weighted by Gasteiger charge is 2.26. The quantitative estimate of drug-likeness (QED) is 0.823. The number of carbonyl (C=O) groups excluding carboxylic acids is 1. The molecule has 0 bridgehead atoms. The van der Waals surface area contributed by atoms with Gasteiger partial charge in [-0.3, -0.25) is 9.10 Å². The van der Waals surface area contributed by atoms with Crippen molar-refractivity contribution >= 4 is 21.6 Å². The summed E-state index contributed by atoms with van der Waals surface area (Å²) in [4.78, 5) is 12.3. The molecule has 0 unspecified atom stereocenters. The van der Waals surface area contributed by atoms with E-state index in [9.17, 15) is 13.2 Å². The van der Waals surface area contributed by atoms with Crippen LogP contribution in [0.15, 0.2) is 53.4 Å². The molecule has 6 heteroatoms. The molecule has 1 N–H and O–H groups in total. The van der Waals surface area contributed by atoms with Crippen LogP contribution in [0.3, 0.4) is 0 Å². The molecule has 0 atom stereocenters. The number of anilines is 1. The fraction of sp³-hybridized carbons (Fsp3) is 0.316. The van der Waals surface area contributed by atoms with Crippen molar-refractivity contribution in [3.05, 3.63) is 59.7 Å². The number of benzene rings is 2. The molecule has 1 amide bonds. The molecule has 2 aromatic rings. The number of amides is 1. The zero-order chi connectivity index (χ0) is 18.4. The standard InChI is InChI=1S/C19H24N2O3S/c1-4-13-20-19(22)16-12-11-15(3)18(14-16)25(23,24)21(5-2)17-9-7-6-8-10-17/h6-12,14H,4-5,13H2,1-3H3,(H,20,22). The van der Waals surface area contributed by atoms with Gasteiger partial charge in [0.15, 0.2) is 0 Å². The van der Waals surface area contributed by atoms with E-state index in [1.165, 1.54) is 10.4 Å². The van der Waals surface area contributed by atoms with Gasteiger partial charge in [0.1, 0.15) is 0 Å². The van der Waals surface area contributed by atoms with Gasteiger partial charge in [0, 0.05) is 18.7 Å². The number of nitrogens with one attached hydrogen (secondary N) is 1. The van der Waals surface area contributed by atoms with Crippen LogP contribution in [0, 0.1) is 6.92 Å². The second-order valence-electron chi connectivity index (χ2n) is 5.74. The Bertz CT molecular complexity index is 833. The van der Waals surface area contributed by atoms with E-state index in [0.717, 1.165) is 6.42 Å². The van der Waals surface area contributed by atoms with Gasteiger partial charge in [0.2, 0.25) is 0 Å². The fourth-order valence-electron chi connectivity index (χ4n) is 2.56. The molecule has 25 heavy (non-hydrogen) atoms. The molecule has 0 heterocycles. The van der Waals surface area contributed by atoms with E-state index in [2.05, 4.69) is 5.32 Å². The summed E-state index contributed by atoms with van der Waals surface area (Å²) in [6.07, 6.45) is 0.820. The Morgan fingerprint density at radius 2 is 1.76 bits per heavy atom. The van der Waals surface area contributed by atoms with Crippen LogP contribution in [-0.4, -0.2) is 27.4 Å². The summed E-state index contributed by atoms with van der Waals surface area (Å²) in [6, 6.07) is 13.7. The average molecular weight is 360 g/mol. The average Bonchev–Trinajstić information content (AvgIpc) is 2.61. The summed E-state index contributed by atoms with van der Waals surface area (Å²) in [5, 5.41) is 2.77. The van der Waals surface area contributed by atoms with Gasteiger partial charge in [-0.25, -0.2) is 8.42 Å². The first-order valence-corrected chi connectivity index (χ1v) is 9.82. The Labute approximate surface area is 149 Å². The van der Waals surface area contributed by atoms with Gasteiger partial charge in [-0.1, -0.05) is 31.2 Å². The predicted octanol–water partition coefficient (Wildman–Crippen LogP) is 3.35. The highest BCUT2D eigenvalue weighted by atomic mass is 32.2. The summed E-state index contributed by atoms with van der Waals surface area (Å²) in [7, 11) is -3.76. The van der Waals surface area contributed by atoms with Gasteiger partial charge in [-0.15, -0.1) is 0 Å². The van der Waals surface area contributed by atoms with Gasteiger partial charge in [-0.05, 0) is 50.1 Å². The fourth-order valence-corrected chi connectivity index (χ4v) is 4.29. The third-order valence-corrected chi connectivity index (χ3v) is 5.93. The molecule has 0 aliphatic carbocycles. The molecule has 0 fully saturated rings. The molecule has 0 aliphatic rings. The number of para-hydroxylation sites is 1. The van der Waals surface area contributed by atoms with Crippen molar-refractivity contribution in [2.45, 2.75) is 32.1 Å². The van der Waals surface area contributed by atoms with Crippen LogP contribution >= 0.6 is 0 Å². The van der Waals surface area contributed by atoms with E-state index in [4.69, 9.17) is 0 Å². The molecule has 0 radical (unpaired) electrons. The van der Waals surface area contributed by atoms with Gasteiger partial charge in [0.05, 0.1) is 10.6 Å². The molecular weight excluding hydrogens is 336 g/mol. The van der Waals surface area contributed by atoms with Crippen molar-refractivity contribution in [3.63, 3.8) is 0 Å². The number of hydrogen-bond acceptors (Lipinski definition) is 3. The van der Waals surface area contributed by atoms with E-state index in [0.29, 0.717) is 29.9 Å². The molecule has 0 saturated heterocycles. The molecule has 0 aromatic heterocycles. The number of rotatable bonds is 7. The molecule has 2 rings (SSSR count). The molecular formula is C19H24N2O3S.